The van der Waals surface area contributed by atoms with Crippen molar-refractivity contribution in [2.75, 3.05) is 13.7 Å². The van der Waals surface area contributed by atoms with Crippen LogP contribution in [-0.4, -0.2) is 35.6 Å². The molecule has 23 heavy (non-hydrogen) atoms. The van der Waals surface area contributed by atoms with Crippen molar-refractivity contribution in [3.8, 4) is 0 Å². The lowest BCUT2D eigenvalue weighted by Crippen LogP contribution is -2.27. The van der Waals surface area contributed by atoms with Gasteiger partial charge in [0, 0.05) is 12.1 Å². The number of carboxylic acids is 1. The van der Waals surface area contributed by atoms with Crippen LogP contribution < -0.4 is 5.32 Å². The maximum atomic E-state index is 12.0. The molecule has 1 aliphatic rings. The van der Waals surface area contributed by atoms with E-state index >= 15 is 0 Å². The summed E-state index contributed by atoms with van der Waals surface area (Å²) < 4.78 is 4.96. The summed E-state index contributed by atoms with van der Waals surface area (Å²) in [6.45, 7) is 6.02. The summed E-state index contributed by atoms with van der Waals surface area (Å²) in [7, 11) is 1.48. The van der Waals surface area contributed by atoms with Crippen molar-refractivity contribution in [2.24, 2.45) is 5.92 Å². The molecule has 1 aliphatic carbocycles. The van der Waals surface area contributed by atoms with Gasteiger partial charge < -0.3 is 15.2 Å². The van der Waals surface area contributed by atoms with E-state index in [2.05, 4.69) is 16.9 Å². The van der Waals surface area contributed by atoms with Gasteiger partial charge in [-0.15, -0.1) is 0 Å². The molecule has 122 valence electrons. The largest absolute Gasteiger partial charge is 0.497 e. The molecule has 0 atom stereocenters. The lowest BCUT2D eigenvalue weighted by molar-refractivity contribution is 0.0690. The minimum Gasteiger partial charge on any atom is -0.497 e. The van der Waals surface area contributed by atoms with E-state index in [9.17, 15) is 14.7 Å². The van der Waals surface area contributed by atoms with Gasteiger partial charge in [0.1, 0.15) is 11.5 Å². The Morgan fingerprint density at radius 2 is 2.17 bits per heavy atom. The number of nitrogens with one attached hydrogen (secondary N) is 1. The molecule has 1 aromatic rings. The molecular weight excluding hydrogens is 296 g/mol. The summed E-state index contributed by atoms with van der Waals surface area (Å²) in [5, 5.41) is 12.1. The highest BCUT2D eigenvalue weighted by atomic mass is 16.5. The predicted octanol–water partition coefficient (Wildman–Crippen LogP) is 2.48. The third kappa shape index (κ3) is 4.42. The number of carbonyl (C=O) groups excluding carboxylic acids is 1. The van der Waals surface area contributed by atoms with Gasteiger partial charge >= 0.3 is 5.97 Å². The second-order valence-corrected chi connectivity index (χ2v) is 5.55. The Bertz CT molecular complexity index is 675. The molecule has 1 amide bonds. The second kappa shape index (κ2) is 7.09. The number of aromatic carboxylic acids is 1. The molecule has 0 aromatic carbocycles. The predicted molar refractivity (Wildman–Crippen MR) is 86.1 cm³/mol. The van der Waals surface area contributed by atoms with Crippen LogP contribution in [0.4, 0.5) is 0 Å². The lowest BCUT2D eigenvalue weighted by Gasteiger charge is -2.09. The smallest absolute Gasteiger partial charge is 0.355 e. The van der Waals surface area contributed by atoms with Gasteiger partial charge in [0.2, 0.25) is 0 Å². The number of nitrogens with zero attached hydrogens (tertiary/aromatic N) is 1. The highest BCUT2D eigenvalue weighted by Gasteiger charge is 2.23. The quantitative estimate of drug-likeness (QED) is 0.596. The number of amides is 1. The molecular formula is C17H20N2O4. The first-order valence-electron chi connectivity index (χ1n) is 7.36. The molecule has 1 fully saturated rings. The maximum absolute atomic E-state index is 12.0. The van der Waals surface area contributed by atoms with Gasteiger partial charge in [-0.3, -0.25) is 4.79 Å². The van der Waals surface area contributed by atoms with Crippen molar-refractivity contribution >= 4 is 17.4 Å². The SMILES string of the molecule is C=C(/C=C(\C)c1ccc(C(=O)NCC2CC2)nc1C(=O)O)OC. The summed E-state index contributed by atoms with van der Waals surface area (Å²) in [4.78, 5) is 27.5. The fourth-order valence-corrected chi connectivity index (χ4v) is 2.09. The number of hydrogen-bond donors (Lipinski definition) is 2. The van der Waals surface area contributed by atoms with Crippen LogP contribution in [-0.2, 0) is 4.74 Å². The van der Waals surface area contributed by atoms with Crippen molar-refractivity contribution in [3.63, 3.8) is 0 Å². The topological polar surface area (TPSA) is 88.5 Å². The fourth-order valence-electron chi connectivity index (χ4n) is 2.09. The van der Waals surface area contributed by atoms with Crippen LogP contribution in [0.5, 0.6) is 0 Å². The van der Waals surface area contributed by atoms with E-state index in [1.807, 2.05) is 0 Å². The Kier molecular flexibility index (Phi) is 5.16. The van der Waals surface area contributed by atoms with E-state index in [4.69, 9.17) is 4.74 Å². The molecule has 0 bridgehead atoms. The molecule has 2 N–H and O–H groups in total. The van der Waals surface area contributed by atoms with Gasteiger partial charge in [-0.2, -0.15) is 0 Å². The first-order chi connectivity index (χ1) is 10.9. The van der Waals surface area contributed by atoms with Gasteiger partial charge in [0.05, 0.1) is 7.11 Å². The molecule has 2 rings (SSSR count). The van der Waals surface area contributed by atoms with E-state index < -0.39 is 5.97 Å². The molecule has 6 nitrogen and oxygen atoms in total. The normalized spacial score (nSPS) is 14.3. The molecule has 1 aromatic heterocycles. The first-order valence-corrected chi connectivity index (χ1v) is 7.36. The van der Waals surface area contributed by atoms with E-state index in [0.29, 0.717) is 29.4 Å². The first kappa shape index (κ1) is 16.7. The number of aromatic nitrogens is 1. The van der Waals surface area contributed by atoms with Crippen LogP contribution in [0.1, 0.15) is 46.3 Å². The highest BCUT2D eigenvalue weighted by Crippen LogP contribution is 2.27. The number of rotatable bonds is 7. The van der Waals surface area contributed by atoms with Crippen LogP contribution in [0.3, 0.4) is 0 Å². The van der Waals surface area contributed by atoms with Gasteiger partial charge in [0.15, 0.2) is 5.69 Å². The second-order valence-electron chi connectivity index (χ2n) is 5.55. The molecule has 0 radical (unpaired) electrons. The van der Waals surface area contributed by atoms with Crippen LogP contribution in [0.15, 0.2) is 30.5 Å². The Morgan fingerprint density at radius 3 is 2.74 bits per heavy atom. The van der Waals surface area contributed by atoms with Crippen molar-refractivity contribution in [3.05, 3.63) is 47.5 Å². The molecule has 0 aliphatic heterocycles. The Balaban J connectivity index is 2.26. The Morgan fingerprint density at radius 1 is 1.48 bits per heavy atom. The van der Waals surface area contributed by atoms with Crippen molar-refractivity contribution in [1.82, 2.24) is 10.3 Å². The summed E-state index contributed by atoms with van der Waals surface area (Å²) in [5.41, 5.74) is 1.01. The van der Waals surface area contributed by atoms with Crippen LogP contribution >= 0.6 is 0 Å². The third-order valence-electron chi connectivity index (χ3n) is 3.64. The van der Waals surface area contributed by atoms with Crippen molar-refractivity contribution in [2.45, 2.75) is 19.8 Å². The Labute approximate surface area is 134 Å². The zero-order chi connectivity index (χ0) is 17.0. The van der Waals surface area contributed by atoms with E-state index in [1.165, 1.54) is 13.2 Å². The summed E-state index contributed by atoms with van der Waals surface area (Å²) in [6.07, 6.45) is 3.87. The summed E-state index contributed by atoms with van der Waals surface area (Å²) >= 11 is 0. The maximum Gasteiger partial charge on any atom is 0.355 e. The third-order valence-corrected chi connectivity index (χ3v) is 3.64. The number of pyridine rings is 1. The number of allylic oxidation sites excluding steroid dienone is 2. The monoisotopic (exact) mass is 316 g/mol. The minimum atomic E-state index is -1.19. The highest BCUT2D eigenvalue weighted by molar-refractivity contribution is 5.96. The molecule has 0 saturated heterocycles. The molecule has 6 heteroatoms. The van der Waals surface area contributed by atoms with Crippen LogP contribution in [0, 0.1) is 5.92 Å². The number of carbonyl (C=O) groups is 2. The van der Waals surface area contributed by atoms with E-state index in [0.717, 1.165) is 12.8 Å². The zero-order valence-electron chi connectivity index (χ0n) is 13.3. The van der Waals surface area contributed by atoms with Crippen LogP contribution in [0.25, 0.3) is 5.57 Å². The lowest BCUT2D eigenvalue weighted by atomic mass is 10.0. The Hall–Kier alpha value is -2.63. The van der Waals surface area contributed by atoms with Crippen LogP contribution in [0.2, 0.25) is 0 Å². The molecule has 1 saturated carbocycles. The zero-order valence-corrected chi connectivity index (χ0v) is 13.3. The average molecular weight is 316 g/mol. The van der Waals surface area contributed by atoms with Crippen molar-refractivity contribution in [1.29, 1.82) is 0 Å². The fraction of sp³-hybridized carbons (Fsp3) is 0.353. The number of ether oxygens (including phenoxy) is 1. The van der Waals surface area contributed by atoms with Gasteiger partial charge in [0.25, 0.3) is 5.91 Å². The van der Waals surface area contributed by atoms with E-state index in [-0.39, 0.29) is 17.3 Å². The summed E-state index contributed by atoms with van der Waals surface area (Å²) in [6, 6.07) is 3.11. The summed E-state index contributed by atoms with van der Waals surface area (Å²) in [5.74, 6) is -0.589. The van der Waals surface area contributed by atoms with Crippen molar-refractivity contribution < 1.29 is 19.4 Å². The van der Waals surface area contributed by atoms with Gasteiger partial charge in [-0.05, 0) is 49.5 Å². The molecule has 0 spiro atoms. The standard InChI is InChI=1S/C17H20N2O4/c1-10(8-11(2)23-3)13-6-7-14(19-15(13)17(21)22)16(20)18-9-12-4-5-12/h6-8,12H,2,4-5,9H2,1,3H3,(H,18,20)(H,21,22)/b10-8+. The van der Waals surface area contributed by atoms with Gasteiger partial charge in [-0.25, -0.2) is 9.78 Å². The number of hydrogen-bond acceptors (Lipinski definition) is 4. The van der Waals surface area contributed by atoms with Gasteiger partial charge in [-0.1, -0.05) is 6.58 Å². The molecule has 1 heterocycles. The molecule has 0 unspecified atom stereocenters. The average Bonchev–Trinajstić information content (AvgIpc) is 3.35. The number of carboxylic acid groups (broad SMARTS) is 1. The van der Waals surface area contributed by atoms with E-state index in [1.54, 1.807) is 19.1 Å². The minimum absolute atomic E-state index is 0.102. The number of methoxy groups -OCH3 is 1.